The molecule has 5 nitrogen and oxygen atoms in total. The van der Waals surface area contributed by atoms with E-state index in [4.69, 9.17) is 4.52 Å². The number of hydrogen-bond acceptors (Lipinski definition) is 4. The van der Waals surface area contributed by atoms with Crippen LogP contribution in [0, 0.1) is 20.8 Å². The molecule has 0 saturated carbocycles. The first-order chi connectivity index (χ1) is 14.0. The predicted octanol–water partition coefficient (Wildman–Crippen LogP) is 5.68. The number of aryl methyl sites for hydroxylation is 3. The van der Waals surface area contributed by atoms with E-state index in [9.17, 15) is 4.79 Å². The summed E-state index contributed by atoms with van der Waals surface area (Å²) in [6.45, 7) is 6.12. The van der Waals surface area contributed by atoms with Crippen LogP contribution in [0.5, 0.6) is 0 Å². The topological polar surface area (TPSA) is 67.2 Å². The van der Waals surface area contributed by atoms with E-state index in [1.54, 1.807) is 0 Å². The van der Waals surface area contributed by atoms with E-state index >= 15 is 0 Å². The average Bonchev–Trinajstić information content (AvgIpc) is 3.07. The molecule has 0 atom stereocenters. The summed E-state index contributed by atoms with van der Waals surface area (Å²) in [5.41, 5.74) is 7.35. The number of nitrogens with one attached hydrogen (secondary N) is 2. The van der Waals surface area contributed by atoms with E-state index in [1.807, 2.05) is 81.4 Å². The van der Waals surface area contributed by atoms with Gasteiger partial charge in [-0.3, -0.25) is 4.79 Å². The summed E-state index contributed by atoms with van der Waals surface area (Å²) in [4.78, 5) is 12.7. The number of hydrogen-bond donors (Lipinski definition) is 2. The number of benzene rings is 3. The molecule has 4 rings (SSSR count). The summed E-state index contributed by atoms with van der Waals surface area (Å²) in [5, 5.41) is 11.3. The second-order valence-corrected chi connectivity index (χ2v) is 7.32. The largest absolute Gasteiger partial charge is 0.356 e. The summed E-state index contributed by atoms with van der Waals surface area (Å²) < 4.78 is 5.41. The van der Waals surface area contributed by atoms with Gasteiger partial charge in [-0.2, -0.15) is 0 Å². The number of amides is 1. The number of fused-ring (bicyclic) bond motifs is 1. The van der Waals surface area contributed by atoms with Crippen molar-refractivity contribution in [3.63, 3.8) is 0 Å². The molecule has 0 spiro atoms. The van der Waals surface area contributed by atoms with E-state index in [1.165, 1.54) is 5.56 Å². The van der Waals surface area contributed by atoms with Gasteiger partial charge in [-0.05, 0) is 68.3 Å². The molecular formula is C24H23N3O2. The summed E-state index contributed by atoms with van der Waals surface area (Å²) in [5.74, 6) is -0.142. The minimum atomic E-state index is -0.142. The first kappa shape index (κ1) is 18.7. The molecule has 0 saturated heterocycles. The van der Waals surface area contributed by atoms with E-state index in [0.29, 0.717) is 11.3 Å². The highest BCUT2D eigenvalue weighted by Gasteiger charge is 2.15. The molecule has 1 amide bonds. The van der Waals surface area contributed by atoms with E-state index in [-0.39, 0.29) is 12.3 Å². The predicted molar refractivity (Wildman–Crippen MR) is 117 cm³/mol. The Balaban J connectivity index is 1.52. The van der Waals surface area contributed by atoms with Gasteiger partial charge in [0.15, 0.2) is 5.58 Å². The second-order valence-electron chi connectivity index (χ2n) is 7.32. The molecule has 1 aromatic heterocycles. The van der Waals surface area contributed by atoms with Gasteiger partial charge >= 0.3 is 0 Å². The fraction of sp³-hybridized carbons (Fsp3) is 0.167. The highest BCUT2D eigenvalue weighted by molar-refractivity contribution is 5.97. The van der Waals surface area contributed by atoms with Crippen LogP contribution in [0.25, 0.3) is 11.0 Å². The fourth-order valence-corrected chi connectivity index (χ4v) is 3.21. The van der Waals surface area contributed by atoms with Crippen LogP contribution in [0.15, 0.2) is 65.2 Å². The number of rotatable bonds is 5. The molecule has 4 aromatic rings. The Morgan fingerprint density at radius 2 is 1.62 bits per heavy atom. The van der Waals surface area contributed by atoms with E-state index in [0.717, 1.165) is 33.6 Å². The lowest BCUT2D eigenvalue weighted by atomic mass is 10.1. The minimum absolute atomic E-state index is 0.142. The average molecular weight is 385 g/mol. The summed E-state index contributed by atoms with van der Waals surface area (Å²) >= 11 is 0. The molecule has 0 aliphatic heterocycles. The van der Waals surface area contributed by atoms with Crippen molar-refractivity contribution < 1.29 is 9.32 Å². The molecule has 29 heavy (non-hydrogen) atoms. The van der Waals surface area contributed by atoms with Crippen LogP contribution >= 0.6 is 0 Å². The van der Waals surface area contributed by atoms with Gasteiger partial charge in [0.2, 0.25) is 5.91 Å². The quantitative estimate of drug-likeness (QED) is 0.464. The van der Waals surface area contributed by atoms with Crippen molar-refractivity contribution in [2.75, 3.05) is 10.6 Å². The van der Waals surface area contributed by atoms with Gasteiger partial charge in [0.05, 0.1) is 17.8 Å². The van der Waals surface area contributed by atoms with Gasteiger partial charge in [0.25, 0.3) is 0 Å². The molecule has 1 heterocycles. The summed E-state index contributed by atoms with van der Waals surface area (Å²) in [6, 6.07) is 19.7. The highest BCUT2D eigenvalue weighted by Crippen LogP contribution is 2.27. The second kappa shape index (κ2) is 7.80. The lowest BCUT2D eigenvalue weighted by Crippen LogP contribution is -2.15. The van der Waals surface area contributed by atoms with Crippen molar-refractivity contribution in [1.29, 1.82) is 0 Å². The van der Waals surface area contributed by atoms with Crippen molar-refractivity contribution in [3.05, 3.63) is 83.0 Å². The maximum atomic E-state index is 12.7. The van der Waals surface area contributed by atoms with Gasteiger partial charge in [0.1, 0.15) is 5.69 Å². The lowest BCUT2D eigenvalue weighted by molar-refractivity contribution is -0.115. The maximum absolute atomic E-state index is 12.7. The molecule has 0 bridgehead atoms. The normalized spacial score (nSPS) is 10.9. The monoisotopic (exact) mass is 385 g/mol. The minimum Gasteiger partial charge on any atom is -0.356 e. The zero-order valence-electron chi connectivity index (χ0n) is 16.7. The molecule has 2 N–H and O–H groups in total. The Bertz CT molecular complexity index is 1180. The molecule has 5 heteroatoms. The number of nitrogens with zero attached hydrogens (tertiary/aromatic N) is 1. The highest BCUT2D eigenvalue weighted by atomic mass is 16.5. The fourth-order valence-electron chi connectivity index (χ4n) is 3.21. The Labute approximate surface area is 169 Å². The van der Waals surface area contributed by atoms with Gasteiger partial charge in [-0.15, -0.1) is 0 Å². The van der Waals surface area contributed by atoms with Crippen LogP contribution in [0.1, 0.15) is 22.4 Å². The third-order valence-corrected chi connectivity index (χ3v) is 5.02. The van der Waals surface area contributed by atoms with Gasteiger partial charge in [-0.1, -0.05) is 35.0 Å². The van der Waals surface area contributed by atoms with Crippen molar-refractivity contribution in [1.82, 2.24) is 5.16 Å². The smallest absolute Gasteiger partial charge is 0.230 e. The molecule has 0 fully saturated rings. The maximum Gasteiger partial charge on any atom is 0.230 e. The van der Waals surface area contributed by atoms with Crippen molar-refractivity contribution in [2.24, 2.45) is 0 Å². The third-order valence-electron chi connectivity index (χ3n) is 5.02. The van der Waals surface area contributed by atoms with Gasteiger partial charge in [0, 0.05) is 11.1 Å². The number of para-hydroxylation sites is 2. The van der Waals surface area contributed by atoms with Crippen LogP contribution in [-0.4, -0.2) is 11.1 Å². The first-order valence-electron chi connectivity index (χ1n) is 9.57. The van der Waals surface area contributed by atoms with Gasteiger partial charge in [-0.25, -0.2) is 0 Å². The van der Waals surface area contributed by atoms with Crippen molar-refractivity contribution >= 4 is 33.9 Å². The molecule has 0 radical (unpaired) electrons. The summed E-state index contributed by atoms with van der Waals surface area (Å²) in [7, 11) is 0. The molecule has 0 aliphatic carbocycles. The van der Waals surface area contributed by atoms with Crippen LogP contribution in [0.4, 0.5) is 17.1 Å². The molecule has 3 aromatic carbocycles. The van der Waals surface area contributed by atoms with Crippen LogP contribution in [0.2, 0.25) is 0 Å². The van der Waals surface area contributed by atoms with Crippen LogP contribution in [0.3, 0.4) is 0 Å². The van der Waals surface area contributed by atoms with Crippen molar-refractivity contribution in [3.8, 4) is 0 Å². The molecule has 0 aliphatic rings. The number of anilines is 3. The zero-order chi connectivity index (χ0) is 20.4. The van der Waals surface area contributed by atoms with Crippen molar-refractivity contribution in [2.45, 2.75) is 27.2 Å². The standard InChI is InChI=1S/C24H23N3O2/c1-15-8-10-18(11-9-15)25-20-6-4-5-7-21(20)26-24(28)14-22-19-12-16(2)17(3)13-23(19)29-27-22/h4-13,25H,14H2,1-3H3,(H,26,28). The lowest BCUT2D eigenvalue weighted by Gasteiger charge is -2.13. The first-order valence-corrected chi connectivity index (χ1v) is 9.57. The van der Waals surface area contributed by atoms with Crippen LogP contribution in [-0.2, 0) is 11.2 Å². The molecular weight excluding hydrogens is 362 g/mol. The number of aromatic nitrogens is 1. The van der Waals surface area contributed by atoms with Crippen LogP contribution < -0.4 is 10.6 Å². The SMILES string of the molecule is Cc1ccc(Nc2ccccc2NC(=O)Cc2noc3cc(C)c(C)cc23)cc1. The third kappa shape index (κ3) is 4.14. The molecule has 0 unspecified atom stereocenters. The van der Waals surface area contributed by atoms with E-state index < -0.39 is 0 Å². The van der Waals surface area contributed by atoms with Gasteiger partial charge < -0.3 is 15.2 Å². The Morgan fingerprint density at radius 1 is 0.931 bits per heavy atom. The number of carbonyl (C=O) groups excluding carboxylic acids is 1. The van der Waals surface area contributed by atoms with E-state index in [2.05, 4.69) is 15.8 Å². The Hall–Kier alpha value is -3.60. The summed E-state index contributed by atoms with van der Waals surface area (Å²) in [6.07, 6.45) is 0.147. The zero-order valence-corrected chi connectivity index (χ0v) is 16.7. The molecule has 146 valence electrons. The number of carbonyl (C=O) groups is 1. The Morgan fingerprint density at radius 3 is 2.38 bits per heavy atom. The Kier molecular flexibility index (Phi) is 5.04.